The van der Waals surface area contributed by atoms with Gasteiger partial charge in [0.15, 0.2) is 5.96 Å². The highest BCUT2D eigenvalue weighted by molar-refractivity contribution is 5.86. The first-order valence-electron chi connectivity index (χ1n) is 8.89. The average molecular weight is 362 g/mol. The van der Waals surface area contributed by atoms with Crippen LogP contribution in [0.25, 0.3) is 0 Å². The Bertz CT molecular complexity index is 611. The highest BCUT2D eigenvalue weighted by atomic mass is 16.5. The predicted octanol–water partition coefficient (Wildman–Crippen LogP) is 0.308. The molecule has 2 heterocycles. The van der Waals surface area contributed by atoms with Crippen LogP contribution in [-0.2, 0) is 16.1 Å². The van der Waals surface area contributed by atoms with Crippen molar-refractivity contribution in [3.8, 4) is 0 Å². The SMILES string of the molecule is CN(C)C(=O)CNC(=NCc1cccc(N(C)C)n1)NCC1CCOC1. The molecule has 1 amide bonds. The second kappa shape index (κ2) is 9.96. The molecule has 1 aromatic heterocycles. The number of guanidine groups is 1. The van der Waals surface area contributed by atoms with Gasteiger partial charge in [-0.2, -0.15) is 0 Å². The van der Waals surface area contributed by atoms with Gasteiger partial charge in [0.2, 0.25) is 5.91 Å². The van der Waals surface area contributed by atoms with Crippen molar-refractivity contribution in [2.75, 3.05) is 59.4 Å². The van der Waals surface area contributed by atoms with Crippen LogP contribution in [0.15, 0.2) is 23.2 Å². The molecule has 0 aromatic carbocycles. The molecule has 2 rings (SSSR count). The number of nitrogens with zero attached hydrogens (tertiary/aromatic N) is 4. The predicted molar refractivity (Wildman–Crippen MR) is 103 cm³/mol. The second-order valence-corrected chi connectivity index (χ2v) is 6.80. The topological polar surface area (TPSA) is 82.1 Å². The first-order valence-corrected chi connectivity index (χ1v) is 8.89. The van der Waals surface area contributed by atoms with Crippen molar-refractivity contribution < 1.29 is 9.53 Å². The summed E-state index contributed by atoms with van der Waals surface area (Å²) >= 11 is 0. The lowest BCUT2D eigenvalue weighted by Crippen LogP contribution is -2.44. The molecule has 1 aromatic rings. The van der Waals surface area contributed by atoms with E-state index in [1.807, 2.05) is 37.2 Å². The van der Waals surface area contributed by atoms with Crippen molar-refractivity contribution in [3.63, 3.8) is 0 Å². The van der Waals surface area contributed by atoms with Gasteiger partial charge in [0, 0.05) is 47.3 Å². The quantitative estimate of drug-likeness (QED) is 0.537. The molecule has 1 aliphatic rings. The monoisotopic (exact) mass is 362 g/mol. The van der Waals surface area contributed by atoms with E-state index >= 15 is 0 Å². The number of ether oxygens (including phenoxy) is 1. The Hall–Kier alpha value is -2.35. The third-order valence-electron chi connectivity index (χ3n) is 4.14. The van der Waals surface area contributed by atoms with E-state index in [9.17, 15) is 4.79 Å². The Morgan fingerprint density at radius 1 is 1.31 bits per heavy atom. The zero-order chi connectivity index (χ0) is 18.9. The molecule has 0 radical (unpaired) electrons. The number of likely N-dealkylation sites (N-methyl/N-ethyl adjacent to an activating group) is 1. The van der Waals surface area contributed by atoms with Crippen molar-refractivity contribution in [2.45, 2.75) is 13.0 Å². The summed E-state index contributed by atoms with van der Waals surface area (Å²) in [6.45, 7) is 2.99. The number of rotatable bonds is 7. The average Bonchev–Trinajstić information content (AvgIpc) is 3.14. The number of nitrogens with one attached hydrogen (secondary N) is 2. The Morgan fingerprint density at radius 3 is 2.77 bits per heavy atom. The molecule has 1 fully saturated rings. The maximum absolute atomic E-state index is 11.8. The lowest BCUT2D eigenvalue weighted by atomic mass is 10.1. The number of carbonyl (C=O) groups excluding carboxylic acids is 1. The molecule has 1 aliphatic heterocycles. The molecule has 8 heteroatoms. The third kappa shape index (κ3) is 6.51. The molecule has 26 heavy (non-hydrogen) atoms. The molecule has 0 aliphatic carbocycles. The van der Waals surface area contributed by atoms with E-state index in [0.717, 1.165) is 37.7 Å². The summed E-state index contributed by atoms with van der Waals surface area (Å²) in [6, 6.07) is 5.88. The van der Waals surface area contributed by atoms with Gasteiger partial charge >= 0.3 is 0 Å². The molecular weight excluding hydrogens is 332 g/mol. The number of carbonyl (C=O) groups is 1. The summed E-state index contributed by atoms with van der Waals surface area (Å²) in [5, 5.41) is 6.41. The van der Waals surface area contributed by atoms with E-state index in [1.54, 1.807) is 19.0 Å². The van der Waals surface area contributed by atoms with Crippen LogP contribution < -0.4 is 15.5 Å². The summed E-state index contributed by atoms with van der Waals surface area (Å²) in [7, 11) is 7.39. The maximum Gasteiger partial charge on any atom is 0.241 e. The lowest BCUT2D eigenvalue weighted by molar-refractivity contribution is -0.127. The van der Waals surface area contributed by atoms with Crippen LogP contribution in [0.5, 0.6) is 0 Å². The van der Waals surface area contributed by atoms with Gasteiger partial charge in [-0.1, -0.05) is 6.07 Å². The largest absolute Gasteiger partial charge is 0.381 e. The molecule has 8 nitrogen and oxygen atoms in total. The molecule has 1 unspecified atom stereocenters. The molecule has 144 valence electrons. The number of amides is 1. The van der Waals surface area contributed by atoms with Crippen LogP contribution in [0.3, 0.4) is 0 Å². The van der Waals surface area contributed by atoms with Crippen LogP contribution in [-0.4, -0.2) is 76.2 Å². The molecule has 0 saturated carbocycles. The number of pyridine rings is 1. The first-order chi connectivity index (χ1) is 12.5. The van der Waals surface area contributed by atoms with Gasteiger partial charge in [-0.3, -0.25) is 4.79 Å². The number of aliphatic imine (C=N–C) groups is 1. The first kappa shape index (κ1) is 20.0. The minimum Gasteiger partial charge on any atom is -0.381 e. The zero-order valence-corrected chi connectivity index (χ0v) is 16.2. The molecule has 0 bridgehead atoms. The summed E-state index contributed by atoms with van der Waals surface area (Å²) in [5.41, 5.74) is 0.875. The van der Waals surface area contributed by atoms with Gasteiger partial charge in [0.1, 0.15) is 5.82 Å². The minimum atomic E-state index is -0.00331. The zero-order valence-electron chi connectivity index (χ0n) is 16.2. The maximum atomic E-state index is 11.8. The Morgan fingerprint density at radius 2 is 2.12 bits per heavy atom. The van der Waals surface area contributed by atoms with Crippen molar-refractivity contribution >= 4 is 17.7 Å². The van der Waals surface area contributed by atoms with E-state index in [1.165, 1.54) is 0 Å². The number of hydrogen-bond acceptors (Lipinski definition) is 5. The fraction of sp³-hybridized carbons (Fsp3) is 0.611. The van der Waals surface area contributed by atoms with Gasteiger partial charge < -0.3 is 25.2 Å². The fourth-order valence-electron chi connectivity index (χ4n) is 2.44. The lowest BCUT2D eigenvalue weighted by Gasteiger charge is -2.17. The minimum absolute atomic E-state index is 0.00331. The molecule has 0 spiro atoms. The summed E-state index contributed by atoms with van der Waals surface area (Å²) in [5.74, 6) is 1.98. The van der Waals surface area contributed by atoms with Crippen LogP contribution in [0.1, 0.15) is 12.1 Å². The standard InChI is InChI=1S/C18H30N6O2/c1-23(2)16-7-5-6-15(22-16)11-20-18(21-12-17(25)24(3)4)19-10-14-8-9-26-13-14/h5-7,14H,8-13H2,1-4H3,(H2,19,20,21). The summed E-state index contributed by atoms with van der Waals surface area (Å²) in [4.78, 5) is 24.5. The van der Waals surface area contributed by atoms with Gasteiger partial charge in [-0.25, -0.2) is 9.98 Å². The highest BCUT2D eigenvalue weighted by Gasteiger charge is 2.16. The van der Waals surface area contributed by atoms with E-state index in [4.69, 9.17) is 4.74 Å². The summed E-state index contributed by atoms with van der Waals surface area (Å²) < 4.78 is 5.41. The van der Waals surface area contributed by atoms with Gasteiger partial charge in [0.05, 0.1) is 25.4 Å². The van der Waals surface area contributed by atoms with Gasteiger partial charge in [0.25, 0.3) is 0 Å². The molecule has 2 N–H and O–H groups in total. The number of aromatic nitrogens is 1. The second-order valence-electron chi connectivity index (χ2n) is 6.80. The number of anilines is 1. The van der Waals surface area contributed by atoms with Gasteiger partial charge in [-0.05, 0) is 18.6 Å². The third-order valence-corrected chi connectivity index (χ3v) is 4.14. The van der Waals surface area contributed by atoms with E-state index < -0.39 is 0 Å². The van der Waals surface area contributed by atoms with Crippen LogP contribution in [0, 0.1) is 5.92 Å². The van der Waals surface area contributed by atoms with Crippen molar-refractivity contribution in [1.82, 2.24) is 20.5 Å². The van der Waals surface area contributed by atoms with Gasteiger partial charge in [-0.15, -0.1) is 0 Å². The van der Waals surface area contributed by atoms with Crippen LogP contribution >= 0.6 is 0 Å². The summed E-state index contributed by atoms with van der Waals surface area (Å²) in [6.07, 6.45) is 1.04. The number of hydrogen-bond donors (Lipinski definition) is 2. The normalized spacial score (nSPS) is 17.1. The fourth-order valence-corrected chi connectivity index (χ4v) is 2.44. The smallest absolute Gasteiger partial charge is 0.241 e. The van der Waals surface area contributed by atoms with E-state index in [0.29, 0.717) is 18.4 Å². The Balaban J connectivity index is 1.99. The van der Waals surface area contributed by atoms with E-state index in [2.05, 4.69) is 20.6 Å². The highest BCUT2D eigenvalue weighted by Crippen LogP contribution is 2.11. The molecule has 1 atom stereocenters. The van der Waals surface area contributed by atoms with Crippen molar-refractivity contribution in [2.24, 2.45) is 10.9 Å². The van der Waals surface area contributed by atoms with E-state index in [-0.39, 0.29) is 12.5 Å². The molecule has 1 saturated heterocycles. The Labute approximate surface area is 155 Å². The van der Waals surface area contributed by atoms with Crippen LogP contribution in [0.4, 0.5) is 5.82 Å². The van der Waals surface area contributed by atoms with Crippen LogP contribution in [0.2, 0.25) is 0 Å². The van der Waals surface area contributed by atoms with Crippen molar-refractivity contribution in [3.05, 3.63) is 23.9 Å². The Kier molecular flexibility index (Phi) is 7.65. The van der Waals surface area contributed by atoms with Crippen molar-refractivity contribution in [1.29, 1.82) is 0 Å². The molecular formula is C18H30N6O2.